The van der Waals surface area contributed by atoms with E-state index in [1.807, 2.05) is 0 Å². The molecule has 0 aliphatic carbocycles. The van der Waals surface area contributed by atoms with Crippen molar-refractivity contribution in [2.75, 3.05) is 26.2 Å². The first-order chi connectivity index (χ1) is 7.75. The van der Waals surface area contributed by atoms with Gasteiger partial charge < -0.3 is 5.32 Å². The van der Waals surface area contributed by atoms with Crippen molar-refractivity contribution in [3.63, 3.8) is 0 Å². The van der Waals surface area contributed by atoms with Gasteiger partial charge in [0.1, 0.15) is 0 Å². The van der Waals surface area contributed by atoms with Crippen LogP contribution in [0.2, 0.25) is 0 Å². The molecule has 0 spiro atoms. The molecule has 0 amide bonds. The molecule has 88 valence electrons. The van der Waals surface area contributed by atoms with Gasteiger partial charge >= 0.3 is 0 Å². The zero-order chi connectivity index (χ0) is 11.4. The Labute approximate surface area is 97.1 Å². The molecule has 1 N–H and O–H groups in total. The van der Waals surface area contributed by atoms with Gasteiger partial charge in [-0.1, -0.05) is 13.8 Å². The van der Waals surface area contributed by atoms with E-state index >= 15 is 0 Å². The Hall–Kier alpha value is -1.00. The predicted molar refractivity (Wildman–Crippen MR) is 64.3 cm³/mol. The summed E-state index contributed by atoms with van der Waals surface area (Å²) in [4.78, 5) is 2.41. The summed E-state index contributed by atoms with van der Waals surface area (Å²) in [7, 11) is 0. The van der Waals surface area contributed by atoms with Gasteiger partial charge in [-0.15, -0.1) is 0 Å². The lowest BCUT2D eigenvalue weighted by molar-refractivity contribution is 0.230. The number of hydrogen-bond donors (Lipinski definition) is 1. The predicted octanol–water partition coefficient (Wildman–Crippen LogP) is 1.01. The van der Waals surface area contributed by atoms with Crippen LogP contribution < -0.4 is 5.32 Å². The summed E-state index contributed by atoms with van der Waals surface area (Å²) in [6, 6.07) is 4.19. The Bertz CT molecular complexity index is 314. The van der Waals surface area contributed by atoms with E-state index in [9.17, 15) is 0 Å². The molecule has 2 rings (SSSR count). The van der Waals surface area contributed by atoms with Crippen LogP contribution in [0.1, 0.15) is 31.2 Å². The number of rotatable bonds is 3. The van der Waals surface area contributed by atoms with Crippen molar-refractivity contribution in [2.24, 2.45) is 0 Å². The first-order valence-corrected chi connectivity index (χ1v) is 6.01. The van der Waals surface area contributed by atoms with Crippen molar-refractivity contribution in [3.05, 3.63) is 23.5 Å². The van der Waals surface area contributed by atoms with Gasteiger partial charge in [-0.05, 0) is 18.1 Å². The average molecular weight is 220 g/mol. The standard InChI is InChI=1S/C12H20N4/c1-10(2)12-4-3-11(14-15-12)9-16-7-5-13-6-8-16/h3-4,10,13H,5-9H2,1-2H3. The van der Waals surface area contributed by atoms with E-state index < -0.39 is 0 Å². The number of nitrogens with one attached hydrogen (secondary N) is 1. The molecule has 1 aliphatic rings. The SMILES string of the molecule is CC(C)c1ccc(CN2CCNCC2)nn1. The highest BCUT2D eigenvalue weighted by Gasteiger charge is 2.11. The van der Waals surface area contributed by atoms with Crippen LogP contribution in [0.3, 0.4) is 0 Å². The molecule has 0 saturated carbocycles. The van der Waals surface area contributed by atoms with Crippen LogP contribution in [0, 0.1) is 0 Å². The Balaban J connectivity index is 1.93. The minimum atomic E-state index is 0.459. The summed E-state index contributed by atoms with van der Waals surface area (Å²) in [5.41, 5.74) is 2.15. The molecule has 2 heterocycles. The third-order valence-electron chi connectivity index (χ3n) is 2.93. The Morgan fingerprint density at radius 2 is 2.00 bits per heavy atom. The normalized spacial score (nSPS) is 17.9. The Morgan fingerprint density at radius 1 is 1.25 bits per heavy atom. The minimum Gasteiger partial charge on any atom is -0.314 e. The van der Waals surface area contributed by atoms with Crippen LogP contribution in [0.4, 0.5) is 0 Å². The van der Waals surface area contributed by atoms with Gasteiger partial charge in [0.2, 0.25) is 0 Å². The molecule has 1 aliphatic heterocycles. The quantitative estimate of drug-likeness (QED) is 0.825. The fraction of sp³-hybridized carbons (Fsp3) is 0.667. The molecule has 1 fully saturated rings. The largest absolute Gasteiger partial charge is 0.314 e. The Morgan fingerprint density at radius 3 is 2.56 bits per heavy atom. The molecule has 4 heteroatoms. The van der Waals surface area contributed by atoms with E-state index in [0.29, 0.717) is 5.92 Å². The summed E-state index contributed by atoms with van der Waals surface area (Å²) in [6.07, 6.45) is 0. The maximum atomic E-state index is 4.28. The van der Waals surface area contributed by atoms with Gasteiger partial charge in [0, 0.05) is 32.7 Å². The molecule has 0 bridgehead atoms. The number of nitrogens with zero attached hydrogens (tertiary/aromatic N) is 3. The number of hydrogen-bond acceptors (Lipinski definition) is 4. The van der Waals surface area contributed by atoms with Gasteiger partial charge in [-0.3, -0.25) is 4.90 Å². The van der Waals surface area contributed by atoms with E-state index in [2.05, 4.69) is 46.4 Å². The van der Waals surface area contributed by atoms with Crippen LogP contribution in [0.25, 0.3) is 0 Å². The number of aromatic nitrogens is 2. The topological polar surface area (TPSA) is 41.0 Å². The highest BCUT2D eigenvalue weighted by Crippen LogP contribution is 2.10. The van der Waals surface area contributed by atoms with E-state index in [0.717, 1.165) is 44.1 Å². The maximum absolute atomic E-state index is 4.28. The molecular formula is C12H20N4. The van der Waals surface area contributed by atoms with Crippen molar-refractivity contribution in [1.29, 1.82) is 0 Å². The van der Waals surface area contributed by atoms with E-state index in [1.165, 1.54) is 0 Å². The second kappa shape index (κ2) is 5.37. The third kappa shape index (κ3) is 3.00. The third-order valence-corrected chi connectivity index (χ3v) is 2.93. The summed E-state index contributed by atoms with van der Waals surface area (Å²) >= 11 is 0. The first-order valence-electron chi connectivity index (χ1n) is 6.01. The minimum absolute atomic E-state index is 0.459. The number of piperazine rings is 1. The maximum Gasteiger partial charge on any atom is 0.0771 e. The fourth-order valence-electron chi connectivity index (χ4n) is 1.86. The van der Waals surface area contributed by atoms with Crippen molar-refractivity contribution in [2.45, 2.75) is 26.3 Å². The highest BCUT2D eigenvalue weighted by atomic mass is 15.2. The molecule has 16 heavy (non-hydrogen) atoms. The summed E-state index contributed by atoms with van der Waals surface area (Å²) < 4.78 is 0. The second-order valence-electron chi connectivity index (χ2n) is 4.63. The fourth-order valence-corrected chi connectivity index (χ4v) is 1.86. The lowest BCUT2D eigenvalue weighted by Gasteiger charge is -2.26. The van der Waals surface area contributed by atoms with E-state index in [4.69, 9.17) is 0 Å². The summed E-state index contributed by atoms with van der Waals surface area (Å²) in [6.45, 7) is 9.57. The summed E-state index contributed by atoms with van der Waals surface area (Å²) in [5.74, 6) is 0.459. The zero-order valence-corrected chi connectivity index (χ0v) is 10.1. The van der Waals surface area contributed by atoms with Gasteiger partial charge in [0.25, 0.3) is 0 Å². The molecular weight excluding hydrogens is 200 g/mol. The van der Waals surface area contributed by atoms with Crippen molar-refractivity contribution in [1.82, 2.24) is 20.4 Å². The molecule has 0 unspecified atom stereocenters. The van der Waals surface area contributed by atoms with Crippen LogP contribution in [0.15, 0.2) is 12.1 Å². The molecule has 1 aromatic heterocycles. The van der Waals surface area contributed by atoms with Gasteiger partial charge in [-0.25, -0.2) is 0 Å². The van der Waals surface area contributed by atoms with Crippen molar-refractivity contribution >= 4 is 0 Å². The molecule has 1 aromatic rings. The van der Waals surface area contributed by atoms with Crippen LogP contribution in [0.5, 0.6) is 0 Å². The van der Waals surface area contributed by atoms with Crippen molar-refractivity contribution < 1.29 is 0 Å². The molecule has 0 aromatic carbocycles. The van der Waals surface area contributed by atoms with E-state index in [-0.39, 0.29) is 0 Å². The zero-order valence-electron chi connectivity index (χ0n) is 10.1. The van der Waals surface area contributed by atoms with E-state index in [1.54, 1.807) is 0 Å². The summed E-state index contributed by atoms with van der Waals surface area (Å²) in [5, 5.41) is 11.9. The first kappa shape index (κ1) is 11.5. The lowest BCUT2D eigenvalue weighted by atomic mass is 10.1. The van der Waals surface area contributed by atoms with Gasteiger partial charge in [0.15, 0.2) is 0 Å². The smallest absolute Gasteiger partial charge is 0.0771 e. The monoisotopic (exact) mass is 220 g/mol. The Kier molecular flexibility index (Phi) is 3.85. The molecule has 4 nitrogen and oxygen atoms in total. The average Bonchev–Trinajstić information content (AvgIpc) is 2.31. The molecule has 1 saturated heterocycles. The lowest BCUT2D eigenvalue weighted by Crippen LogP contribution is -2.43. The van der Waals surface area contributed by atoms with Crippen LogP contribution >= 0.6 is 0 Å². The highest BCUT2D eigenvalue weighted by molar-refractivity contribution is 5.09. The second-order valence-corrected chi connectivity index (χ2v) is 4.63. The molecule has 0 radical (unpaired) electrons. The van der Waals surface area contributed by atoms with Gasteiger partial charge in [0.05, 0.1) is 11.4 Å². The van der Waals surface area contributed by atoms with Gasteiger partial charge in [-0.2, -0.15) is 10.2 Å². The van der Waals surface area contributed by atoms with Crippen LogP contribution in [-0.4, -0.2) is 41.3 Å². The molecule has 0 atom stereocenters. The van der Waals surface area contributed by atoms with Crippen molar-refractivity contribution in [3.8, 4) is 0 Å². The van der Waals surface area contributed by atoms with Crippen LogP contribution in [-0.2, 0) is 6.54 Å².